The quantitative estimate of drug-likeness (QED) is 0.517. The molecule has 0 N–H and O–H groups in total. The van der Waals surface area contributed by atoms with Gasteiger partial charge in [0.05, 0.1) is 19.8 Å². The Morgan fingerprint density at radius 3 is 2.62 bits per heavy atom. The van der Waals surface area contributed by atoms with Gasteiger partial charge in [0, 0.05) is 26.2 Å². The Morgan fingerprint density at radius 2 is 1.90 bits per heavy atom. The number of fused-ring (bicyclic) bond motifs is 1. The summed E-state index contributed by atoms with van der Waals surface area (Å²) in [6.45, 7) is 11.1. The van der Waals surface area contributed by atoms with Crippen LogP contribution in [0.3, 0.4) is 0 Å². The minimum absolute atomic E-state index is 0.0518. The van der Waals surface area contributed by atoms with E-state index in [0.29, 0.717) is 19.8 Å². The fourth-order valence-electron chi connectivity index (χ4n) is 3.61. The average molecular weight is 426 g/mol. The van der Waals surface area contributed by atoms with Crippen LogP contribution >= 0.6 is 11.6 Å². The molecule has 2 aromatic rings. The van der Waals surface area contributed by atoms with Crippen LogP contribution in [0.15, 0.2) is 0 Å². The van der Waals surface area contributed by atoms with Gasteiger partial charge in [-0.2, -0.15) is 9.97 Å². The summed E-state index contributed by atoms with van der Waals surface area (Å²) in [5.41, 5.74) is 1.58. The molecule has 0 bridgehead atoms. The van der Waals surface area contributed by atoms with E-state index >= 15 is 0 Å². The van der Waals surface area contributed by atoms with Crippen molar-refractivity contribution in [3.05, 3.63) is 11.1 Å². The molecule has 0 amide bonds. The molecule has 0 aliphatic carbocycles. The van der Waals surface area contributed by atoms with Crippen LogP contribution in [0.1, 0.15) is 45.4 Å². The highest BCUT2D eigenvalue weighted by molar-refractivity contribution is 6.28. The molecule has 4 heterocycles. The van der Waals surface area contributed by atoms with Crippen LogP contribution in [-0.2, 0) is 20.8 Å². The molecule has 0 radical (unpaired) electrons. The topological polar surface area (TPSA) is 74.5 Å². The molecular formula is C20H32ClN5O3. The summed E-state index contributed by atoms with van der Waals surface area (Å²) in [6, 6.07) is 0. The summed E-state index contributed by atoms with van der Waals surface area (Å²) in [6.07, 6.45) is 4.10. The lowest BCUT2D eigenvalue weighted by molar-refractivity contribution is -0.162. The molecule has 4 rings (SSSR count). The number of aryl methyl sites for hydroxylation is 2. The SMILES string of the molecule is CC.Cc1nc2c(N3CCOCC3)nc(Cl)nc2n1CCCOC1CCCCO1. The Balaban J connectivity index is 0.00000117. The maximum absolute atomic E-state index is 6.22. The van der Waals surface area contributed by atoms with Crippen LogP contribution in [0, 0.1) is 6.92 Å². The number of ether oxygens (including phenoxy) is 3. The van der Waals surface area contributed by atoms with Gasteiger partial charge in [0.25, 0.3) is 0 Å². The number of halogens is 1. The van der Waals surface area contributed by atoms with Crippen molar-refractivity contribution >= 4 is 28.6 Å². The van der Waals surface area contributed by atoms with E-state index in [1.165, 1.54) is 6.42 Å². The number of hydrogen-bond acceptors (Lipinski definition) is 7. The van der Waals surface area contributed by atoms with Crippen molar-refractivity contribution in [1.82, 2.24) is 19.5 Å². The van der Waals surface area contributed by atoms with Crippen molar-refractivity contribution < 1.29 is 14.2 Å². The van der Waals surface area contributed by atoms with Crippen molar-refractivity contribution in [2.24, 2.45) is 0 Å². The van der Waals surface area contributed by atoms with Crippen LogP contribution in [-0.4, -0.2) is 65.3 Å². The highest BCUT2D eigenvalue weighted by Crippen LogP contribution is 2.26. The number of anilines is 1. The second-order valence-electron chi connectivity index (χ2n) is 6.92. The Morgan fingerprint density at radius 1 is 1.10 bits per heavy atom. The van der Waals surface area contributed by atoms with Crippen LogP contribution in [0.2, 0.25) is 5.28 Å². The summed E-state index contributed by atoms with van der Waals surface area (Å²) in [5, 5.41) is 0.247. The summed E-state index contributed by atoms with van der Waals surface area (Å²) in [5.74, 6) is 1.70. The van der Waals surface area contributed by atoms with E-state index in [1.807, 2.05) is 20.8 Å². The summed E-state index contributed by atoms with van der Waals surface area (Å²) in [4.78, 5) is 15.8. The third-order valence-corrected chi connectivity index (χ3v) is 5.19. The van der Waals surface area contributed by atoms with Crippen LogP contribution in [0.4, 0.5) is 5.82 Å². The van der Waals surface area contributed by atoms with Crippen molar-refractivity contribution in [2.75, 3.05) is 44.4 Å². The summed E-state index contributed by atoms with van der Waals surface area (Å²) >= 11 is 6.22. The van der Waals surface area contributed by atoms with E-state index < -0.39 is 0 Å². The van der Waals surface area contributed by atoms with Gasteiger partial charge in [-0.15, -0.1) is 0 Å². The standard InChI is InChI=1S/C18H26ClN5O3.C2H6/c1-13-20-15-16(23-7-11-25-12-8-23)21-18(19)22-17(15)24(13)6-4-10-27-14-5-2-3-9-26-14;1-2/h14H,2-12H2,1H3;1-2H3. The van der Waals surface area contributed by atoms with Gasteiger partial charge in [-0.1, -0.05) is 13.8 Å². The summed E-state index contributed by atoms with van der Waals surface area (Å²) in [7, 11) is 0. The number of imidazole rings is 1. The molecule has 162 valence electrons. The first-order chi connectivity index (χ1) is 14.2. The molecular weight excluding hydrogens is 394 g/mol. The molecule has 1 unspecified atom stereocenters. The number of aromatic nitrogens is 4. The fourth-order valence-corrected chi connectivity index (χ4v) is 3.77. The highest BCUT2D eigenvalue weighted by Gasteiger charge is 2.21. The number of hydrogen-bond donors (Lipinski definition) is 0. The average Bonchev–Trinajstić information content (AvgIpc) is 3.08. The molecule has 2 aromatic heterocycles. The zero-order valence-corrected chi connectivity index (χ0v) is 18.5. The van der Waals surface area contributed by atoms with E-state index in [2.05, 4.69) is 19.4 Å². The molecule has 2 saturated heterocycles. The maximum atomic E-state index is 6.22. The van der Waals surface area contributed by atoms with Crippen molar-refractivity contribution in [3.63, 3.8) is 0 Å². The number of rotatable bonds is 6. The molecule has 9 heteroatoms. The number of morpholine rings is 1. The zero-order chi connectivity index (χ0) is 20.6. The Hall–Kier alpha value is -1.48. The molecule has 8 nitrogen and oxygen atoms in total. The normalized spacial score (nSPS) is 19.9. The fraction of sp³-hybridized carbons (Fsp3) is 0.750. The van der Waals surface area contributed by atoms with Crippen molar-refractivity contribution in [1.29, 1.82) is 0 Å². The van der Waals surface area contributed by atoms with Crippen LogP contribution < -0.4 is 4.90 Å². The van der Waals surface area contributed by atoms with E-state index in [0.717, 1.165) is 68.3 Å². The maximum Gasteiger partial charge on any atom is 0.226 e. The van der Waals surface area contributed by atoms with Gasteiger partial charge in [0.1, 0.15) is 5.82 Å². The molecule has 2 aliphatic rings. The second-order valence-corrected chi connectivity index (χ2v) is 7.26. The molecule has 0 aromatic carbocycles. The van der Waals surface area contributed by atoms with Gasteiger partial charge in [-0.3, -0.25) is 0 Å². The predicted molar refractivity (Wildman–Crippen MR) is 114 cm³/mol. The predicted octanol–water partition coefficient (Wildman–Crippen LogP) is 3.58. The molecule has 0 saturated carbocycles. The molecule has 1 atom stereocenters. The lowest BCUT2D eigenvalue weighted by atomic mass is 10.2. The highest BCUT2D eigenvalue weighted by atomic mass is 35.5. The third-order valence-electron chi connectivity index (χ3n) is 5.02. The smallest absolute Gasteiger partial charge is 0.226 e. The van der Waals surface area contributed by atoms with Crippen LogP contribution in [0.25, 0.3) is 11.2 Å². The van der Waals surface area contributed by atoms with E-state index in [9.17, 15) is 0 Å². The largest absolute Gasteiger partial charge is 0.378 e. The lowest BCUT2D eigenvalue weighted by Crippen LogP contribution is -2.37. The van der Waals surface area contributed by atoms with Crippen molar-refractivity contribution in [2.45, 2.75) is 59.3 Å². The second kappa shape index (κ2) is 11.1. The molecule has 2 aliphatic heterocycles. The first kappa shape index (κ1) is 22.2. The van der Waals surface area contributed by atoms with E-state index in [1.54, 1.807) is 0 Å². The first-order valence-corrected chi connectivity index (χ1v) is 11.1. The minimum Gasteiger partial charge on any atom is -0.378 e. The molecule has 29 heavy (non-hydrogen) atoms. The van der Waals surface area contributed by atoms with Gasteiger partial charge < -0.3 is 23.7 Å². The summed E-state index contributed by atoms with van der Waals surface area (Å²) < 4.78 is 19.0. The minimum atomic E-state index is -0.0518. The van der Waals surface area contributed by atoms with Crippen LogP contribution in [0.5, 0.6) is 0 Å². The number of nitrogens with zero attached hydrogens (tertiary/aromatic N) is 5. The molecule has 2 fully saturated rings. The zero-order valence-electron chi connectivity index (χ0n) is 17.7. The van der Waals surface area contributed by atoms with E-state index in [-0.39, 0.29) is 11.6 Å². The van der Waals surface area contributed by atoms with Gasteiger partial charge in [-0.25, -0.2) is 4.98 Å². The first-order valence-electron chi connectivity index (χ1n) is 10.7. The van der Waals surface area contributed by atoms with Gasteiger partial charge in [0.15, 0.2) is 23.3 Å². The Labute approximate surface area is 177 Å². The Kier molecular flexibility index (Phi) is 8.47. The third kappa shape index (κ3) is 5.57. The van der Waals surface area contributed by atoms with E-state index in [4.69, 9.17) is 30.8 Å². The monoisotopic (exact) mass is 425 g/mol. The molecule has 0 spiro atoms. The van der Waals surface area contributed by atoms with Gasteiger partial charge in [0.2, 0.25) is 5.28 Å². The van der Waals surface area contributed by atoms with Gasteiger partial charge >= 0.3 is 0 Å². The van der Waals surface area contributed by atoms with Crippen molar-refractivity contribution in [3.8, 4) is 0 Å². The van der Waals surface area contributed by atoms with Gasteiger partial charge in [-0.05, 0) is 44.2 Å². The Bertz CT molecular complexity index is 773. The lowest BCUT2D eigenvalue weighted by Gasteiger charge is -2.27.